The van der Waals surface area contributed by atoms with Crippen molar-refractivity contribution in [3.63, 3.8) is 0 Å². The minimum atomic E-state index is 0.152. The molecule has 1 aromatic rings. The van der Waals surface area contributed by atoms with Gasteiger partial charge < -0.3 is 5.73 Å². The van der Waals surface area contributed by atoms with Gasteiger partial charge in [0.1, 0.15) is 6.33 Å². The highest BCUT2D eigenvalue weighted by Gasteiger charge is 2.27. The number of hydrogen-bond acceptors (Lipinski definition) is 3. The van der Waals surface area contributed by atoms with Crippen LogP contribution in [-0.2, 0) is 6.54 Å². The number of aromatic nitrogens is 3. The topological polar surface area (TPSA) is 56.7 Å². The largest absolute Gasteiger partial charge is 0.326 e. The van der Waals surface area contributed by atoms with Gasteiger partial charge in [-0.3, -0.25) is 4.68 Å². The lowest BCUT2D eigenvalue weighted by atomic mass is 10.4. The molecule has 0 unspecified atom stereocenters. The average Bonchev–Trinajstić information content (AvgIpc) is 2.73. The molecule has 1 atom stereocenters. The van der Waals surface area contributed by atoms with Gasteiger partial charge in [0, 0.05) is 12.0 Å². The van der Waals surface area contributed by atoms with Gasteiger partial charge in [0.2, 0.25) is 0 Å². The second-order valence-electron chi connectivity index (χ2n) is 3.58. The monoisotopic (exact) mass is 166 g/mol. The summed E-state index contributed by atoms with van der Waals surface area (Å²) >= 11 is 0. The second kappa shape index (κ2) is 2.86. The van der Waals surface area contributed by atoms with E-state index in [0.29, 0.717) is 5.92 Å². The molecule has 2 rings (SSSR count). The molecule has 1 fully saturated rings. The third-order valence-electron chi connectivity index (χ3n) is 1.97. The van der Waals surface area contributed by atoms with Gasteiger partial charge in [-0.05, 0) is 19.8 Å². The van der Waals surface area contributed by atoms with Crippen molar-refractivity contribution < 1.29 is 0 Å². The maximum atomic E-state index is 5.64. The minimum Gasteiger partial charge on any atom is -0.326 e. The average molecular weight is 166 g/mol. The summed E-state index contributed by atoms with van der Waals surface area (Å²) in [6, 6.07) is 0.152. The van der Waals surface area contributed by atoms with Crippen LogP contribution in [0.1, 0.15) is 31.5 Å². The first kappa shape index (κ1) is 7.73. The van der Waals surface area contributed by atoms with E-state index in [-0.39, 0.29) is 6.04 Å². The first-order chi connectivity index (χ1) is 5.75. The van der Waals surface area contributed by atoms with E-state index in [2.05, 4.69) is 10.1 Å². The van der Waals surface area contributed by atoms with Crippen molar-refractivity contribution in [2.75, 3.05) is 0 Å². The van der Waals surface area contributed by atoms with Crippen molar-refractivity contribution in [2.24, 2.45) is 5.73 Å². The van der Waals surface area contributed by atoms with E-state index < -0.39 is 0 Å². The van der Waals surface area contributed by atoms with Gasteiger partial charge in [-0.2, -0.15) is 5.10 Å². The van der Waals surface area contributed by atoms with Gasteiger partial charge >= 0.3 is 0 Å². The van der Waals surface area contributed by atoms with Gasteiger partial charge in [0.15, 0.2) is 5.82 Å². The highest BCUT2D eigenvalue weighted by atomic mass is 15.3. The minimum absolute atomic E-state index is 0.152. The molecule has 1 aliphatic rings. The molecule has 66 valence electrons. The predicted octanol–water partition coefficient (Wildman–Crippen LogP) is 0.503. The fraction of sp³-hybridized carbons (Fsp3) is 0.750. The number of nitrogens with zero attached hydrogens (tertiary/aromatic N) is 3. The summed E-state index contributed by atoms with van der Waals surface area (Å²) in [5, 5.41) is 4.34. The molecule has 1 aliphatic carbocycles. The van der Waals surface area contributed by atoms with E-state index >= 15 is 0 Å². The summed E-state index contributed by atoms with van der Waals surface area (Å²) in [4.78, 5) is 4.23. The Morgan fingerprint density at radius 3 is 3.08 bits per heavy atom. The van der Waals surface area contributed by atoms with Crippen LogP contribution in [-0.4, -0.2) is 20.8 Å². The lowest BCUT2D eigenvalue weighted by molar-refractivity contribution is 0.533. The third kappa shape index (κ3) is 1.64. The SMILES string of the molecule is C[C@H](N)Cn1cnc(C2CC2)n1. The molecular weight excluding hydrogens is 152 g/mol. The number of nitrogens with two attached hydrogens (primary N) is 1. The summed E-state index contributed by atoms with van der Waals surface area (Å²) < 4.78 is 1.83. The van der Waals surface area contributed by atoms with Crippen molar-refractivity contribution >= 4 is 0 Å². The van der Waals surface area contributed by atoms with Crippen molar-refractivity contribution in [1.82, 2.24) is 14.8 Å². The van der Waals surface area contributed by atoms with Gasteiger partial charge in [-0.1, -0.05) is 0 Å². The molecule has 4 heteroatoms. The maximum absolute atomic E-state index is 5.64. The first-order valence-electron chi connectivity index (χ1n) is 4.40. The number of rotatable bonds is 3. The first-order valence-corrected chi connectivity index (χ1v) is 4.40. The molecule has 12 heavy (non-hydrogen) atoms. The molecule has 0 radical (unpaired) electrons. The Labute approximate surface area is 71.8 Å². The summed E-state index contributed by atoms with van der Waals surface area (Å²) in [7, 11) is 0. The zero-order valence-corrected chi connectivity index (χ0v) is 7.27. The Bertz CT molecular complexity index is 262. The lowest BCUT2D eigenvalue weighted by Crippen LogP contribution is -2.22. The van der Waals surface area contributed by atoms with Gasteiger partial charge in [0.25, 0.3) is 0 Å². The van der Waals surface area contributed by atoms with Crippen LogP contribution >= 0.6 is 0 Å². The van der Waals surface area contributed by atoms with Crippen LogP contribution in [0.15, 0.2) is 6.33 Å². The van der Waals surface area contributed by atoms with Gasteiger partial charge in [-0.25, -0.2) is 4.98 Å². The smallest absolute Gasteiger partial charge is 0.153 e. The number of hydrogen-bond donors (Lipinski definition) is 1. The predicted molar refractivity (Wildman–Crippen MR) is 45.6 cm³/mol. The van der Waals surface area contributed by atoms with Crippen LogP contribution in [0.3, 0.4) is 0 Å². The molecule has 0 aliphatic heterocycles. The molecule has 2 N–H and O–H groups in total. The van der Waals surface area contributed by atoms with Gasteiger partial charge in [0.05, 0.1) is 6.54 Å². The van der Waals surface area contributed by atoms with E-state index in [1.807, 2.05) is 11.6 Å². The Hall–Kier alpha value is -0.900. The summed E-state index contributed by atoms with van der Waals surface area (Å²) in [6.45, 7) is 2.73. The Morgan fingerprint density at radius 1 is 1.75 bits per heavy atom. The molecule has 0 bridgehead atoms. The quantitative estimate of drug-likeness (QED) is 0.711. The Balaban J connectivity index is 2.03. The van der Waals surface area contributed by atoms with Crippen LogP contribution in [0.25, 0.3) is 0 Å². The van der Waals surface area contributed by atoms with Crippen LogP contribution in [0.4, 0.5) is 0 Å². The highest BCUT2D eigenvalue weighted by Crippen LogP contribution is 2.37. The maximum Gasteiger partial charge on any atom is 0.153 e. The highest BCUT2D eigenvalue weighted by molar-refractivity contribution is 5.02. The molecule has 0 amide bonds. The molecule has 1 aromatic heterocycles. The van der Waals surface area contributed by atoms with Crippen LogP contribution in [0, 0.1) is 0 Å². The zero-order chi connectivity index (χ0) is 8.55. The molecule has 0 aromatic carbocycles. The van der Waals surface area contributed by atoms with Crippen LogP contribution < -0.4 is 5.73 Å². The molecule has 1 heterocycles. The summed E-state index contributed by atoms with van der Waals surface area (Å²) in [6.07, 6.45) is 4.28. The molecule has 0 saturated heterocycles. The van der Waals surface area contributed by atoms with Crippen molar-refractivity contribution in [3.05, 3.63) is 12.2 Å². The van der Waals surface area contributed by atoms with Gasteiger partial charge in [-0.15, -0.1) is 0 Å². The molecular formula is C8H14N4. The van der Waals surface area contributed by atoms with Crippen molar-refractivity contribution in [1.29, 1.82) is 0 Å². The molecule has 4 nitrogen and oxygen atoms in total. The van der Waals surface area contributed by atoms with Crippen molar-refractivity contribution in [3.8, 4) is 0 Å². The van der Waals surface area contributed by atoms with E-state index in [0.717, 1.165) is 12.4 Å². The molecule has 1 saturated carbocycles. The summed E-state index contributed by atoms with van der Waals surface area (Å²) in [5.41, 5.74) is 5.64. The molecule has 0 spiro atoms. The Morgan fingerprint density at radius 2 is 2.50 bits per heavy atom. The summed E-state index contributed by atoms with van der Waals surface area (Å²) in [5.74, 6) is 1.63. The Kier molecular flexibility index (Phi) is 1.84. The van der Waals surface area contributed by atoms with E-state index in [4.69, 9.17) is 5.73 Å². The third-order valence-corrected chi connectivity index (χ3v) is 1.97. The second-order valence-corrected chi connectivity index (χ2v) is 3.58. The lowest BCUT2D eigenvalue weighted by Gasteiger charge is -2.02. The fourth-order valence-electron chi connectivity index (χ4n) is 1.22. The van der Waals surface area contributed by atoms with Crippen molar-refractivity contribution in [2.45, 2.75) is 38.3 Å². The van der Waals surface area contributed by atoms with E-state index in [1.165, 1.54) is 12.8 Å². The normalized spacial score (nSPS) is 19.5. The van der Waals surface area contributed by atoms with E-state index in [9.17, 15) is 0 Å². The fourth-order valence-corrected chi connectivity index (χ4v) is 1.22. The van der Waals surface area contributed by atoms with Crippen LogP contribution in [0.2, 0.25) is 0 Å². The zero-order valence-electron chi connectivity index (χ0n) is 7.27. The van der Waals surface area contributed by atoms with E-state index in [1.54, 1.807) is 6.33 Å². The standard InChI is InChI=1S/C8H14N4/c1-6(9)4-12-5-10-8(11-12)7-2-3-7/h5-7H,2-4,9H2,1H3/t6-/m0/s1. The van der Waals surface area contributed by atoms with Crippen LogP contribution in [0.5, 0.6) is 0 Å².